The lowest BCUT2D eigenvalue weighted by Crippen LogP contribution is -2.53. The molecule has 6 atom stereocenters. The van der Waals surface area contributed by atoms with Gasteiger partial charge in [0.2, 0.25) is 5.78 Å². The van der Waals surface area contributed by atoms with Crippen molar-refractivity contribution in [3.63, 3.8) is 0 Å². The quantitative estimate of drug-likeness (QED) is 0.550. The predicted octanol–water partition coefficient (Wildman–Crippen LogP) is 3.06. The van der Waals surface area contributed by atoms with Crippen molar-refractivity contribution in [2.24, 2.45) is 34.5 Å². The molecule has 0 saturated heterocycles. The summed E-state index contributed by atoms with van der Waals surface area (Å²) in [7, 11) is 1.25. The first-order valence-corrected chi connectivity index (χ1v) is 10.1. The van der Waals surface area contributed by atoms with Crippen molar-refractivity contribution >= 4 is 23.3 Å². The maximum Gasteiger partial charge on any atom is 0.374 e. The van der Waals surface area contributed by atoms with E-state index in [-0.39, 0.29) is 40.2 Å². The molecule has 0 heterocycles. The van der Waals surface area contributed by atoms with E-state index < -0.39 is 11.8 Å². The van der Waals surface area contributed by atoms with E-state index in [1.165, 1.54) is 7.11 Å². The van der Waals surface area contributed by atoms with E-state index in [9.17, 15) is 19.2 Å². The number of allylic oxidation sites excluding steroid dienone is 1. The minimum absolute atomic E-state index is 0.0690. The van der Waals surface area contributed by atoms with E-state index in [0.717, 1.165) is 31.3 Å². The average molecular weight is 372 g/mol. The summed E-state index contributed by atoms with van der Waals surface area (Å²) >= 11 is 0. The molecule has 146 valence electrons. The van der Waals surface area contributed by atoms with Crippen molar-refractivity contribution in [2.75, 3.05) is 7.11 Å². The highest BCUT2D eigenvalue weighted by molar-refractivity contribution is 6.34. The Morgan fingerprint density at radius 2 is 1.81 bits per heavy atom. The Morgan fingerprint density at radius 1 is 1.07 bits per heavy atom. The lowest BCUT2D eigenvalue weighted by molar-refractivity contribution is -0.157. The molecule has 4 rings (SSSR count). The summed E-state index contributed by atoms with van der Waals surface area (Å²) in [5.74, 6) is -0.386. The summed E-state index contributed by atoms with van der Waals surface area (Å²) in [5, 5.41) is 0. The normalized spacial score (nSPS) is 43.3. The molecule has 0 aromatic heterocycles. The first kappa shape index (κ1) is 18.6. The molecule has 5 heteroatoms. The molecule has 0 aromatic rings. The van der Waals surface area contributed by atoms with Gasteiger partial charge in [0.15, 0.2) is 11.6 Å². The van der Waals surface area contributed by atoms with Crippen LogP contribution in [0.5, 0.6) is 0 Å². The Bertz CT molecular complexity index is 765. The lowest BCUT2D eigenvalue weighted by Gasteiger charge is -2.57. The van der Waals surface area contributed by atoms with Crippen molar-refractivity contribution in [3.05, 3.63) is 11.6 Å². The van der Waals surface area contributed by atoms with Gasteiger partial charge in [-0.15, -0.1) is 0 Å². The van der Waals surface area contributed by atoms with Crippen LogP contribution in [-0.2, 0) is 23.9 Å². The Kier molecular flexibility index (Phi) is 4.21. The smallest absolute Gasteiger partial charge is 0.374 e. The maximum absolute atomic E-state index is 12.9. The number of carbonyl (C=O) groups excluding carboxylic acids is 4. The molecular formula is C22H28O5. The molecule has 0 bridgehead atoms. The standard InChI is InChI=1S/C22H28O5/c1-21-9-7-15-13(14(21)4-5-16(21)19(25)20(26)27-3)11-18(24)17-10-12(23)6-8-22(15,17)2/h10,13-16H,4-9,11H2,1-3H3. The van der Waals surface area contributed by atoms with Crippen molar-refractivity contribution in [1.29, 1.82) is 0 Å². The van der Waals surface area contributed by atoms with Gasteiger partial charge in [0.1, 0.15) is 0 Å². The van der Waals surface area contributed by atoms with Gasteiger partial charge in [0.25, 0.3) is 0 Å². The van der Waals surface area contributed by atoms with Crippen molar-refractivity contribution in [3.8, 4) is 0 Å². The largest absolute Gasteiger partial charge is 0.463 e. The van der Waals surface area contributed by atoms with Crippen LogP contribution in [-0.4, -0.2) is 30.4 Å². The molecule has 0 aromatic carbocycles. The fourth-order valence-corrected chi connectivity index (χ4v) is 7.06. The van der Waals surface area contributed by atoms with Crippen LogP contribution in [0, 0.1) is 34.5 Å². The Balaban J connectivity index is 1.67. The highest BCUT2D eigenvalue weighted by atomic mass is 16.5. The molecular weight excluding hydrogens is 344 g/mol. The van der Waals surface area contributed by atoms with Crippen molar-refractivity contribution in [1.82, 2.24) is 0 Å². The summed E-state index contributed by atoms with van der Waals surface area (Å²) in [6.07, 6.45) is 6.75. The first-order valence-electron chi connectivity index (χ1n) is 10.1. The summed E-state index contributed by atoms with van der Waals surface area (Å²) in [5.41, 5.74) is 0.276. The second-order valence-corrected chi connectivity index (χ2v) is 9.48. The minimum Gasteiger partial charge on any atom is -0.463 e. The Morgan fingerprint density at radius 3 is 2.52 bits per heavy atom. The minimum atomic E-state index is -0.744. The van der Waals surface area contributed by atoms with E-state index in [2.05, 4.69) is 18.6 Å². The van der Waals surface area contributed by atoms with E-state index >= 15 is 0 Å². The molecule has 0 spiro atoms. The fourth-order valence-electron chi connectivity index (χ4n) is 7.06. The third-order valence-electron chi connectivity index (χ3n) is 8.49. The van der Waals surface area contributed by atoms with Gasteiger partial charge in [0, 0.05) is 24.3 Å². The number of rotatable bonds is 2. The topological polar surface area (TPSA) is 77.5 Å². The predicted molar refractivity (Wildman–Crippen MR) is 97.6 cm³/mol. The molecule has 0 radical (unpaired) electrons. The fraction of sp³-hybridized carbons (Fsp3) is 0.727. The number of esters is 1. The maximum atomic E-state index is 12.9. The van der Waals surface area contributed by atoms with Gasteiger partial charge in [-0.05, 0) is 66.8 Å². The van der Waals surface area contributed by atoms with Crippen LogP contribution in [0.4, 0.5) is 0 Å². The number of Topliss-reactive ketones (excluding diaryl/α,β-unsaturated/α-hetero) is 2. The van der Waals surface area contributed by atoms with E-state index in [1.807, 2.05) is 0 Å². The van der Waals surface area contributed by atoms with E-state index in [4.69, 9.17) is 0 Å². The highest BCUT2D eigenvalue weighted by Gasteiger charge is 2.62. The Hall–Kier alpha value is -1.78. The molecule has 3 saturated carbocycles. The molecule has 27 heavy (non-hydrogen) atoms. The molecule has 4 aliphatic rings. The zero-order chi connectivity index (χ0) is 19.6. The average Bonchev–Trinajstić information content (AvgIpc) is 2.99. The van der Waals surface area contributed by atoms with E-state index in [1.54, 1.807) is 6.08 Å². The molecule has 0 aliphatic heterocycles. The van der Waals surface area contributed by atoms with Gasteiger partial charge in [-0.2, -0.15) is 0 Å². The van der Waals surface area contributed by atoms with Crippen LogP contribution < -0.4 is 0 Å². The third kappa shape index (κ3) is 2.50. The van der Waals surface area contributed by atoms with Gasteiger partial charge >= 0.3 is 5.97 Å². The zero-order valence-corrected chi connectivity index (χ0v) is 16.4. The molecule has 4 aliphatic carbocycles. The monoisotopic (exact) mass is 372 g/mol. The van der Waals surface area contributed by atoms with Crippen LogP contribution >= 0.6 is 0 Å². The van der Waals surface area contributed by atoms with Gasteiger partial charge in [-0.3, -0.25) is 14.4 Å². The second-order valence-electron chi connectivity index (χ2n) is 9.48. The summed E-state index contributed by atoms with van der Waals surface area (Å²) in [6.45, 7) is 4.30. The van der Waals surface area contributed by atoms with Gasteiger partial charge in [0.05, 0.1) is 7.11 Å². The number of methoxy groups -OCH3 is 1. The van der Waals surface area contributed by atoms with Gasteiger partial charge < -0.3 is 4.74 Å². The highest BCUT2D eigenvalue weighted by Crippen LogP contribution is 2.66. The number of carbonyl (C=O) groups is 4. The van der Waals surface area contributed by atoms with Crippen molar-refractivity contribution < 1.29 is 23.9 Å². The molecule has 5 nitrogen and oxygen atoms in total. The van der Waals surface area contributed by atoms with Crippen LogP contribution in [0.2, 0.25) is 0 Å². The number of ether oxygens (including phenoxy) is 1. The molecule has 3 fully saturated rings. The SMILES string of the molecule is COC(=O)C(=O)C1CCC2C3CC(=O)C4=CC(=O)CCC4(C)C3CCC12C. The van der Waals surface area contributed by atoms with Crippen molar-refractivity contribution in [2.45, 2.75) is 58.8 Å². The lowest BCUT2D eigenvalue weighted by atomic mass is 9.46. The van der Waals surface area contributed by atoms with Crippen LogP contribution in [0.1, 0.15) is 58.8 Å². The summed E-state index contributed by atoms with van der Waals surface area (Å²) in [6, 6.07) is 0. The third-order valence-corrected chi connectivity index (χ3v) is 8.49. The summed E-state index contributed by atoms with van der Waals surface area (Å²) < 4.78 is 4.69. The van der Waals surface area contributed by atoms with Gasteiger partial charge in [-0.1, -0.05) is 13.8 Å². The zero-order valence-electron chi connectivity index (χ0n) is 16.4. The molecule has 0 N–H and O–H groups in total. The van der Waals surface area contributed by atoms with Crippen LogP contribution in [0.15, 0.2) is 11.6 Å². The van der Waals surface area contributed by atoms with Crippen LogP contribution in [0.3, 0.4) is 0 Å². The number of hydrogen-bond donors (Lipinski definition) is 0. The first-order chi connectivity index (χ1) is 12.7. The summed E-state index contributed by atoms with van der Waals surface area (Å²) in [4.78, 5) is 49.3. The number of ketones is 3. The number of fused-ring (bicyclic) bond motifs is 5. The van der Waals surface area contributed by atoms with Gasteiger partial charge in [-0.25, -0.2) is 4.79 Å². The Labute approximate surface area is 159 Å². The second kappa shape index (κ2) is 6.11. The molecule has 6 unspecified atom stereocenters. The number of hydrogen-bond acceptors (Lipinski definition) is 5. The van der Waals surface area contributed by atoms with Crippen LogP contribution in [0.25, 0.3) is 0 Å². The molecule has 0 amide bonds. The van der Waals surface area contributed by atoms with E-state index in [0.29, 0.717) is 25.2 Å².